The van der Waals surface area contributed by atoms with Crippen molar-refractivity contribution in [2.24, 2.45) is 0 Å². The largest absolute Gasteiger partial charge is 0.480 e. The molecule has 3 rings (SSSR count). The minimum Gasteiger partial charge on any atom is -0.480 e. The van der Waals surface area contributed by atoms with E-state index in [1.165, 1.54) is 12.8 Å². The second kappa shape index (κ2) is 4.17. The molecular formula is C11H19ClN2O2. The van der Waals surface area contributed by atoms with Crippen LogP contribution in [0, 0.1) is 0 Å². The maximum atomic E-state index is 11.2. The van der Waals surface area contributed by atoms with Crippen LogP contribution < -0.4 is 0 Å². The molecule has 5 heteroatoms. The average Bonchev–Trinajstić information content (AvgIpc) is 3.11. The Kier molecular flexibility index (Phi) is 3.16. The van der Waals surface area contributed by atoms with Crippen molar-refractivity contribution in [1.29, 1.82) is 0 Å². The molecule has 0 radical (unpaired) electrons. The Labute approximate surface area is 102 Å². The predicted molar refractivity (Wildman–Crippen MR) is 63.0 cm³/mol. The molecule has 0 atom stereocenters. The molecular weight excluding hydrogens is 228 g/mol. The third kappa shape index (κ3) is 1.94. The summed E-state index contributed by atoms with van der Waals surface area (Å²) in [5.74, 6) is -0.609. The first-order valence-electron chi connectivity index (χ1n) is 5.95. The van der Waals surface area contributed by atoms with Crippen LogP contribution in [0.5, 0.6) is 0 Å². The average molecular weight is 247 g/mol. The SMILES string of the molecule is Cl.O=C(O)C1(N2CCN(C3CC3)CC2)CC1. The highest BCUT2D eigenvalue weighted by molar-refractivity contribution is 5.85. The highest BCUT2D eigenvalue weighted by atomic mass is 35.5. The molecule has 2 aliphatic carbocycles. The van der Waals surface area contributed by atoms with Gasteiger partial charge in [0.05, 0.1) is 0 Å². The summed E-state index contributed by atoms with van der Waals surface area (Å²) in [6.07, 6.45) is 4.41. The second-order valence-electron chi connectivity index (χ2n) is 5.09. The number of aliphatic carboxylic acids is 1. The molecule has 2 saturated carbocycles. The maximum Gasteiger partial charge on any atom is 0.324 e. The summed E-state index contributed by atoms with van der Waals surface area (Å²) >= 11 is 0. The van der Waals surface area contributed by atoms with Crippen molar-refractivity contribution in [3.05, 3.63) is 0 Å². The first-order valence-corrected chi connectivity index (χ1v) is 5.95. The van der Waals surface area contributed by atoms with E-state index in [1.807, 2.05) is 0 Å². The van der Waals surface area contributed by atoms with Crippen molar-refractivity contribution >= 4 is 18.4 Å². The number of hydrogen-bond donors (Lipinski definition) is 1. The van der Waals surface area contributed by atoms with Gasteiger partial charge in [-0.2, -0.15) is 0 Å². The summed E-state index contributed by atoms with van der Waals surface area (Å²) in [4.78, 5) is 15.9. The van der Waals surface area contributed by atoms with Gasteiger partial charge in [-0.05, 0) is 25.7 Å². The molecule has 1 aliphatic heterocycles. The molecule has 1 N–H and O–H groups in total. The van der Waals surface area contributed by atoms with E-state index in [2.05, 4.69) is 9.80 Å². The number of carboxylic acid groups (broad SMARTS) is 1. The van der Waals surface area contributed by atoms with Crippen LogP contribution in [0.15, 0.2) is 0 Å². The number of carbonyl (C=O) groups is 1. The first kappa shape index (κ1) is 12.1. The van der Waals surface area contributed by atoms with Gasteiger partial charge in [-0.3, -0.25) is 14.6 Å². The van der Waals surface area contributed by atoms with Crippen molar-refractivity contribution in [3.8, 4) is 0 Å². The van der Waals surface area contributed by atoms with Gasteiger partial charge >= 0.3 is 5.97 Å². The van der Waals surface area contributed by atoms with Crippen molar-refractivity contribution in [2.75, 3.05) is 26.2 Å². The molecule has 1 heterocycles. The van der Waals surface area contributed by atoms with Crippen LogP contribution in [0.25, 0.3) is 0 Å². The second-order valence-corrected chi connectivity index (χ2v) is 5.09. The third-order valence-corrected chi connectivity index (χ3v) is 4.10. The molecule has 4 nitrogen and oxygen atoms in total. The minimum atomic E-state index is -0.609. The van der Waals surface area contributed by atoms with Crippen LogP contribution in [0.4, 0.5) is 0 Å². The molecule has 0 aromatic rings. The quantitative estimate of drug-likeness (QED) is 0.800. The highest BCUT2D eigenvalue weighted by Gasteiger charge is 2.55. The Morgan fingerprint density at radius 2 is 1.69 bits per heavy atom. The molecule has 1 saturated heterocycles. The molecule has 3 aliphatic rings. The van der Waals surface area contributed by atoms with Crippen LogP contribution in [0.3, 0.4) is 0 Å². The van der Waals surface area contributed by atoms with Crippen molar-refractivity contribution in [2.45, 2.75) is 37.3 Å². The van der Waals surface area contributed by atoms with Gasteiger partial charge in [0.15, 0.2) is 0 Å². The number of hydrogen-bond acceptors (Lipinski definition) is 3. The summed E-state index contributed by atoms with van der Waals surface area (Å²) in [7, 11) is 0. The van der Waals surface area contributed by atoms with E-state index in [9.17, 15) is 9.90 Å². The topological polar surface area (TPSA) is 43.8 Å². The van der Waals surface area contributed by atoms with E-state index in [-0.39, 0.29) is 12.4 Å². The standard InChI is InChI=1S/C11H18N2O2.ClH/c14-10(15)11(3-4-11)13-7-5-12(6-8-13)9-1-2-9;/h9H,1-8H2,(H,14,15);1H. The zero-order valence-corrected chi connectivity index (χ0v) is 10.2. The predicted octanol–water partition coefficient (Wildman–Crippen LogP) is 0.805. The van der Waals surface area contributed by atoms with Gasteiger partial charge in [-0.15, -0.1) is 12.4 Å². The summed E-state index contributed by atoms with van der Waals surface area (Å²) in [5, 5.41) is 9.19. The zero-order valence-electron chi connectivity index (χ0n) is 9.39. The lowest BCUT2D eigenvalue weighted by Gasteiger charge is -2.38. The number of halogens is 1. The number of nitrogens with zero attached hydrogens (tertiary/aromatic N) is 2. The summed E-state index contributed by atoms with van der Waals surface area (Å²) in [6, 6.07) is 0.826. The van der Waals surface area contributed by atoms with Crippen LogP contribution in [-0.4, -0.2) is 58.6 Å². The lowest BCUT2D eigenvalue weighted by atomic mass is 10.2. The number of carboxylic acids is 1. The van der Waals surface area contributed by atoms with Gasteiger partial charge in [-0.25, -0.2) is 0 Å². The molecule has 0 bridgehead atoms. The van der Waals surface area contributed by atoms with Gasteiger partial charge in [0.2, 0.25) is 0 Å². The molecule has 92 valence electrons. The van der Waals surface area contributed by atoms with Crippen LogP contribution in [0.1, 0.15) is 25.7 Å². The minimum absolute atomic E-state index is 0. The van der Waals surface area contributed by atoms with E-state index < -0.39 is 11.5 Å². The smallest absolute Gasteiger partial charge is 0.324 e. The first-order chi connectivity index (χ1) is 7.22. The van der Waals surface area contributed by atoms with Gasteiger partial charge in [0.1, 0.15) is 5.54 Å². The Bertz CT molecular complexity index is 282. The summed E-state index contributed by atoms with van der Waals surface area (Å²) in [5.41, 5.74) is -0.463. The van der Waals surface area contributed by atoms with Gasteiger partial charge in [0.25, 0.3) is 0 Å². The Morgan fingerprint density at radius 1 is 1.12 bits per heavy atom. The van der Waals surface area contributed by atoms with Crippen LogP contribution in [0.2, 0.25) is 0 Å². The number of piperazine rings is 1. The molecule has 0 spiro atoms. The summed E-state index contributed by atoms with van der Waals surface area (Å²) in [6.45, 7) is 4.03. The Morgan fingerprint density at radius 3 is 2.06 bits per heavy atom. The number of rotatable bonds is 3. The van der Waals surface area contributed by atoms with E-state index in [4.69, 9.17) is 0 Å². The fraction of sp³-hybridized carbons (Fsp3) is 0.909. The van der Waals surface area contributed by atoms with Crippen molar-refractivity contribution in [3.63, 3.8) is 0 Å². The summed E-state index contributed by atoms with van der Waals surface area (Å²) < 4.78 is 0. The zero-order chi connectivity index (χ0) is 10.5. The molecule has 0 aromatic carbocycles. The molecule has 3 fully saturated rings. The fourth-order valence-electron chi connectivity index (χ4n) is 2.74. The lowest BCUT2D eigenvalue weighted by Crippen LogP contribution is -2.54. The molecule has 0 aromatic heterocycles. The van der Waals surface area contributed by atoms with Gasteiger partial charge < -0.3 is 5.11 Å². The molecule has 16 heavy (non-hydrogen) atoms. The molecule has 0 amide bonds. The molecule has 0 unspecified atom stereocenters. The normalized spacial score (nSPS) is 29.5. The van der Waals surface area contributed by atoms with Crippen molar-refractivity contribution in [1.82, 2.24) is 9.80 Å². The third-order valence-electron chi connectivity index (χ3n) is 4.10. The van der Waals surface area contributed by atoms with E-state index in [1.54, 1.807) is 0 Å². The highest BCUT2D eigenvalue weighted by Crippen LogP contribution is 2.42. The van der Waals surface area contributed by atoms with Crippen molar-refractivity contribution < 1.29 is 9.90 Å². The maximum absolute atomic E-state index is 11.2. The van der Waals surface area contributed by atoms with E-state index >= 15 is 0 Å². The van der Waals surface area contributed by atoms with Gasteiger partial charge in [0, 0.05) is 32.2 Å². The fourth-order valence-corrected chi connectivity index (χ4v) is 2.74. The Balaban J connectivity index is 0.000000963. The van der Waals surface area contributed by atoms with Crippen LogP contribution in [-0.2, 0) is 4.79 Å². The van der Waals surface area contributed by atoms with Gasteiger partial charge in [-0.1, -0.05) is 0 Å². The Hall–Kier alpha value is -0.320. The van der Waals surface area contributed by atoms with E-state index in [0.717, 1.165) is 45.1 Å². The monoisotopic (exact) mass is 246 g/mol. The van der Waals surface area contributed by atoms with E-state index in [0.29, 0.717) is 0 Å². The van der Waals surface area contributed by atoms with Crippen LogP contribution >= 0.6 is 12.4 Å². The lowest BCUT2D eigenvalue weighted by molar-refractivity contribution is -0.146.